The lowest BCUT2D eigenvalue weighted by atomic mass is 9.94. The molecular weight excluding hydrogens is 196 g/mol. The van der Waals surface area contributed by atoms with Gasteiger partial charge in [0, 0.05) is 34.8 Å². The Kier molecular flexibility index (Phi) is 2.66. The average Bonchev–Trinajstić information content (AvgIpc) is 2.62. The van der Waals surface area contributed by atoms with E-state index in [0.717, 1.165) is 11.6 Å². The standard InChI is InChI=1S/C11H15ClN2/c1-7(13-2)8-6-14-10-5-3-4-9(12)11(8)10/h3-5,7-8,13-14H,6H2,1-2H3. The minimum atomic E-state index is 0.448. The molecule has 0 saturated heterocycles. The van der Waals surface area contributed by atoms with Crippen LogP contribution in [0.15, 0.2) is 18.2 Å². The quantitative estimate of drug-likeness (QED) is 0.784. The Morgan fingerprint density at radius 3 is 3.07 bits per heavy atom. The van der Waals surface area contributed by atoms with E-state index in [2.05, 4.69) is 23.6 Å². The van der Waals surface area contributed by atoms with Gasteiger partial charge in [0.2, 0.25) is 0 Å². The van der Waals surface area contributed by atoms with Crippen molar-refractivity contribution >= 4 is 17.3 Å². The summed E-state index contributed by atoms with van der Waals surface area (Å²) in [6.45, 7) is 3.16. The predicted octanol–water partition coefficient (Wildman–Crippen LogP) is 2.46. The Balaban J connectivity index is 2.38. The van der Waals surface area contributed by atoms with Gasteiger partial charge in [-0.1, -0.05) is 17.7 Å². The molecule has 3 heteroatoms. The summed E-state index contributed by atoms with van der Waals surface area (Å²) in [4.78, 5) is 0. The third kappa shape index (κ3) is 1.49. The maximum Gasteiger partial charge on any atom is 0.0462 e. The van der Waals surface area contributed by atoms with E-state index in [1.165, 1.54) is 11.3 Å². The second-order valence-corrected chi connectivity index (χ2v) is 4.17. The largest absolute Gasteiger partial charge is 0.384 e. The predicted molar refractivity (Wildman–Crippen MR) is 61.2 cm³/mol. The second-order valence-electron chi connectivity index (χ2n) is 3.77. The van der Waals surface area contributed by atoms with E-state index in [0.29, 0.717) is 12.0 Å². The molecule has 1 aliphatic heterocycles. The lowest BCUT2D eigenvalue weighted by molar-refractivity contribution is 0.523. The number of hydrogen-bond acceptors (Lipinski definition) is 2. The number of likely N-dealkylation sites (N-methyl/N-ethyl adjacent to an activating group) is 1. The minimum Gasteiger partial charge on any atom is -0.384 e. The van der Waals surface area contributed by atoms with Gasteiger partial charge in [-0.05, 0) is 26.1 Å². The summed E-state index contributed by atoms with van der Waals surface area (Å²) in [5.41, 5.74) is 2.45. The number of anilines is 1. The van der Waals surface area contributed by atoms with E-state index in [9.17, 15) is 0 Å². The fourth-order valence-corrected chi connectivity index (χ4v) is 2.33. The smallest absolute Gasteiger partial charge is 0.0462 e. The maximum absolute atomic E-state index is 6.20. The van der Waals surface area contributed by atoms with E-state index < -0.39 is 0 Å². The Morgan fingerprint density at radius 2 is 2.36 bits per heavy atom. The molecule has 0 radical (unpaired) electrons. The first-order valence-electron chi connectivity index (χ1n) is 4.93. The van der Waals surface area contributed by atoms with E-state index in [-0.39, 0.29) is 0 Å². The first-order valence-corrected chi connectivity index (χ1v) is 5.31. The molecule has 2 unspecified atom stereocenters. The number of benzene rings is 1. The summed E-state index contributed by atoms with van der Waals surface area (Å²) in [6.07, 6.45) is 0. The van der Waals surface area contributed by atoms with Gasteiger partial charge in [-0.25, -0.2) is 0 Å². The van der Waals surface area contributed by atoms with Crippen LogP contribution in [0.1, 0.15) is 18.4 Å². The molecule has 0 aromatic heterocycles. The van der Waals surface area contributed by atoms with Crippen molar-refractivity contribution in [2.24, 2.45) is 0 Å². The zero-order chi connectivity index (χ0) is 10.1. The van der Waals surface area contributed by atoms with Crippen molar-refractivity contribution < 1.29 is 0 Å². The molecule has 0 amide bonds. The van der Waals surface area contributed by atoms with Crippen LogP contribution in [0.25, 0.3) is 0 Å². The van der Waals surface area contributed by atoms with Gasteiger partial charge in [-0.3, -0.25) is 0 Å². The second kappa shape index (κ2) is 3.79. The van der Waals surface area contributed by atoms with Crippen LogP contribution in [-0.4, -0.2) is 19.6 Å². The van der Waals surface area contributed by atoms with Crippen LogP contribution in [0.2, 0.25) is 5.02 Å². The molecule has 0 fully saturated rings. The summed E-state index contributed by atoms with van der Waals surface area (Å²) in [5.74, 6) is 0.476. The van der Waals surface area contributed by atoms with Crippen LogP contribution in [0.5, 0.6) is 0 Å². The fraction of sp³-hybridized carbons (Fsp3) is 0.455. The molecule has 76 valence electrons. The fourth-order valence-electron chi connectivity index (χ4n) is 2.02. The summed E-state index contributed by atoms with van der Waals surface area (Å²) >= 11 is 6.20. The topological polar surface area (TPSA) is 24.1 Å². The normalized spacial score (nSPS) is 21.5. The first kappa shape index (κ1) is 9.81. The molecule has 2 rings (SSSR count). The van der Waals surface area contributed by atoms with Gasteiger partial charge in [0.05, 0.1) is 0 Å². The molecule has 1 heterocycles. The van der Waals surface area contributed by atoms with Gasteiger partial charge in [0.1, 0.15) is 0 Å². The summed E-state index contributed by atoms with van der Waals surface area (Å²) < 4.78 is 0. The lowest BCUT2D eigenvalue weighted by Gasteiger charge is -2.19. The Hall–Kier alpha value is -0.730. The summed E-state index contributed by atoms with van der Waals surface area (Å²) in [5, 5.41) is 7.53. The van der Waals surface area contributed by atoms with Crippen molar-refractivity contribution in [1.82, 2.24) is 5.32 Å². The van der Waals surface area contributed by atoms with E-state index in [1.54, 1.807) is 0 Å². The molecular formula is C11H15ClN2. The molecule has 2 atom stereocenters. The van der Waals surface area contributed by atoms with Gasteiger partial charge in [0.15, 0.2) is 0 Å². The minimum absolute atomic E-state index is 0.448. The molecule has 0 saturated carbocycles. The maximum atomic E-state index is 6.20. The number of rotatable bonds is 2. The van der Waals surface area contributed by atoms with Crippen LogP contribution >= 0.6 is 11.6 Å². The van der Waals surface area contributed by atoms with Gasteiger partial charge in [-0.2, -0.15) is 0 Å². The van der Waals surface area contributed by atoms with Gasteiger partial charge < -0.3 is 10.6 Å². The van der Waals surface area contributed by atoms with Crippen molar-refractivity contribution in [1.29, 1.82) is 0 Å². The average molecular weight is 211 g/mol. The van der Waals surface area contributed by atoms with Crippen LogP contribution in [0.3, 0.4) is 0 Å². The highest BCUT2D eigenvalue weighted by molar-refractivity contribution is 6.32. The van der Waals surface area contributed by atoms with Crippen molar-refractivity contribution in [3.63, 3.8) is 0 Å². The van der Waals surface area contributed by atoms with Crippen LogP contribution in [0.4, 0.5) is 5.69 Å². The third-order valence-corrected chi connectivity index (χ3v) is 3.32. The number of halogens is 1. The van der Waals surface area contributed by atoms with Gasteiger partial charge in [-0.15, -0.1) is 0 Å². The Morgan fingerprint density at radius 1 is 1.57 bits per heavy atom. The van der Waals surface area contributed by atoms with Gasteiger partial charge >= 0.3 is 0 Å². The van der Waals surface area contributed by atoms with Crippen LogP contribution in [-0.2, 0) is 0 Å². The highest BCUT2D eigenvalue weighted by Crippen LogP contribution is 2.38. The summed E-state index contributed by atoms with van der Waals surface area (Å²) in [7, 11) is 1.99. The highest BCUT2D eigenvalue weighted by Gasteiger charge is 2.28. The van der Waals surface area contributed by atoms with Crippen molar-refractivity contribution in [2.75, 3.05) is 18.9 Å². The van der Waals surface area contributed by atoms with Crippen LogP contribution < -0.4 is 10.6 Å². The van der Waals surface area contributed by atoms with Crippen molar-refractivity contribution in [2.45, 2.75) is 18.9 Å². The molecule has 0 spiro atoms. The lowest BCUT2D eigenvalue weighted by Crippen LogP contribution is -2.30. The third-order valence-electron chi connectivity index (χ3n) is 3.00. The molecule has 0 bridgehead atoms. The number of hydrogen-bond donors (Lipinski definition) is 2. The highest BCUT2D eigenvalue weighted by atomic mass is 35.5. The SMILES string of the molecule is CNC(C)C1CNc2cccc(Cl)c21. The van der Waals surface area contributed by atoms with E-state index in [1.807, 2.05) is 19.2 Å². The zero-order valence-electron chi connectivity index (χ0n) is 8.47. The molecule has 1 aromatic carbocycles. The van der Waals surface area contributed by atoms with E-state index in [4.69, 9.17) is 11.6 Å². The van der Waals surface area contributed by atoms with Crippen LogP contribution in [0, 0.1) is 0 Å². The molecule has 14 heavy (non-hydrogen) atoms. The van der Waals surface area contributed by atoms with Crippen molar-refractivity contribution in [3.05, 3.63) is 28.8 Å². The number of nitrogens with one attached hydrogen (secondary N) is 2. The molecule has 2 N–H and O–H groups in total. The summed E-state index contributed by atoms with van der Waals surface area (Å²) in [6, 6.07) is 6.48. The molecule has 2 nitrogen and oxygen atoms in total. The first-order chi connectivity index (χ1) is 6.74. The Labute approximate surface area is 89.7 Å². The zero-order valence-corrected chi connectivity index (χ0v) is 9.23. The van der Waals surface area contributed by atoms with Gasteiger partial charge in [0.25, 0.3) is 0 Å². The molecule has 0 aliphatic carbocycles. The van der Waals surface area contributed by atoms with E-state index >= 15 is 0 Å². The molecule has 1 aromatic rings. The Bertz CT molecular complexity index is 338. The number of fused-ring (bicyclic) bond motifs is 1. The monoisotopic (exact) mass is 210 g/mol. The molecule has 1 aliphatic rings. The van der Waals surface area contributed by atoms with Crippen molar-refractivity contribution in [3.8, 4) is 0 Å².